The van der Waals surface area contributed by atoms with Gasteiger partial charge in [0.25, 0.3) is 5.22 Å². The van der Waals surface area contributed by atoms with Gasteiger partial charge in [-0.3, -0.25) is 14.6 Å². The van der Waals surface area contributed by atoms with Crippen LogP contribution in [0.2, 0.25) is 5.02 Å². The van der Waals surface area contributed by atoms with Gasteiger partial charge in [-0.05, 0) is 29.8 Å². The lowest BCUT2D eigenvalue weighted by Gasteiger charge is -2.06. The molecular weight excluding hydrogens is 376 g/mol. The van der Waals surface area contributed by atoms with Crippen molar-refractivity contribution in [2.45, 2.75) is 11.6 Å². The fraction of sp³-hybridized carbons (Fsp3) is 0.118. The largest absolute Gasteiger partial charge is 0.411 e. The van der Waals surface area contributed by atoms with Crippen LogP contribution in [0.3, 0.4) is 0 Å². The molecule has 1 amide bonds. The maximum absolute atomic E-state index is 12.5. The van der Waals surface area contributed by atoms with Gasteiger partial charge in [0.1, 0.15) is 0 Å². The van der Waals surface area contributed by atoms with E-state index in [1.54, 1.807) is 36.7 Å². The Labute approximate surface area is 157 Å². The maximum atomic E-state index is 12.5. The second kappa shape index (κ2) is 6.89. The third-order valence-electron chi connectivity index (χ3n) is 3.78. The summed E-state index contributed by atoms with van der Waals surface area (Å²) in [5, 5.41) is 11.2. The molecule has 3 heterocycles. The van der Waals surface area contributed by atoms with Crippen molar-refractivity contribution < 1.29 is 14.0 Å². The Morgan fingerprint density at radius 1 is 1.27 bits per heavy atom. The van der Waals surface area contributed by atoms with Gasteiger partial charge in [0, 0.05) is 29.2 Å². The zero-order chi connectivity index (χ0) is 18.1. The van der Waals surface area contributed by atoms with Gasteiger partial charge in [0.05, 0.1) is 17.2 Å². The molecule has 1 aromatic carbocycles. The number of hydrogen-bond acceptors (Lipinski definition) is 7. The molecular formula is C17H11ClN4O3S. The number of carbonyl (C=O) groups excluding carboxylic acids is 2. The standard InChI is InChI=1S/C17H11ClN4O3S/c18-12-7-13-10(6-15(24)20-13)5-11(12)14(23)8-26-17-22-21-16(25-17)9-1-3-19-4-2-9/h1-5,7H,6,8H2,(H,20,24). The number of amides is 1. The van der Waals surface area contributed by atoms with Gasteiger partial charge in [-0.2, -0.15) is 0 Å². The number of Topliss-reactive ketones (excluding diaryl/α,β-unsaturated/α-hetero) is 1. The number of aromatic nitrogens is 3. The lowest BCUT2D eigenvalue weighted by Crippen LogP contribution is -2.04. The normalized spacial score (nSPS) is 12.7. The van der Waals surface area contributed by atoms with Crippen LogP contribution < -0.4 is 5.32 Å². The molecule has 0 fully saturated rings. The van der Waals surface area contributed by atoms with Crippen molar-refractivity contribution in [3.8, 4) is 11.5 Å². The summed E-state index contributed by atoms with van der Waals surface area (Å²) in [6.45, 7) is 0. The van der Waals surface area contributed by atoms with E-state index in [4.69, 9.17) is 16.0 Å². The molecule has 3 aromatic rings. The Bertz CT molecular complexity index is 1010. The molecule has 2 aromatic heterocycles. The van der Waals surface area contributed by atoms with Crippen LogP contribution in [0, 0.1) is 0 Å². The number of rotatable bonds is 5. The van der Waals surface area contributed by atoms with Crippen LogP contribution in [0.1, 0.15) is 15.9 Å². The second-order valence-corrected chi connectivity index (χ2v) is 6.87. The highest BCUT2D eigenvalue weighted by Gasteiger charge is 2.22. The van der Waals surface area contributed by atoms with Crippen molar-refractivity contribution in [2.24, 2.45) is 0 Å². The van der Waals surface area contributed by atoms with E-state index in [9.17, 15) is 9.59 Å². The van der Waals surface area contributed by atoms with Crippen LogP contribution in [0.15, 0.2) is 46.3 Å². The summed E-state index contributed by atoms with van der Waals surface area (Å²) >= 11 is 7.31. The van der Waals surface area contributed by atoms with E-state index in [0.717, 1.165) is 22.9 Å². The summed E-state index contributed by atoms with van der Waals surface area (Å²) in [5.74, 6) is 0.176. The number of benzene rings is 1. The van der Waals surface area contributed by atoms with Crippen molar-refractivity contribution >= 4 is 40.7 Å². The predicted octanol–water partition coefficient (Wildman–Crippen LogP) is 3.25. The Kier molecular flexibility index (Phi) is 4.44. The molecule has 130 valence electrons. The lowest BCUT2D eigenvalue weighted by molar-refractivity contribution is -0.115. The number of fused-ring (bicyclic) bond motifs is 1. The third kappa shape index (κ3) is 3.33. The van der Waals surface area contributed by atoms with E-state index in [2.05, 4.69) is 20.5 Å². The fourth-order valence-corrected chi connectivity index (χ4v) is 3.46. The predicted molar refractivity (Wildman–Crippen MR) is 96.4 cm³/mol. The molecule has 0 saturated heterocycles. The number of ketones is 1. The Morgan fingerprint density at radius 3 is 2.88 bits per heavy atom. The van der Waals surface area contributed by atoms with Crippen LogP contribution in [0.4, 0.5) is 5.69 Å². The van der Waals surface area contributed by atoms with Crippen molar-refractivity contribution in [3.05, 3.63) is 52.8 Å². The molecule has 4 rings (SSSR count). The molecule has 0 spiro atoms. The van der Waals surface area contributed by atoms with E-state index in [1.807, 2.05) is 0 Å². The number of anilines is 1. The van der Waals surface area contributed by atoms with Crippen molar-refractivity contribution in [2.75, 3.05) is 11.1 Å². The molecule has 0 aliphatic carbocycles. The number of pyridine rings is 1. The van der Waals surface area contributed by atoms with Gasteiger partial charge in [0.2, 0.25) is 11.8 Å². The summed E-state index contributed by atoms with van der Waals surface area (Å²) in [5.41, 5.74) is 2.56. The van der Waals surface area contributed by atoms with Crippen LogP contribution in [0.5, 0.6) is 0 Å². The average Bonchev–Trinajstić information content (AvgIpc) is 3.25. The summed E-state index contributed by atoms with van der Waals surface area (Å²) in [4.78, 5) is 27.9. The maximum Gasteiger partial charge on any atom is 0.277 e. The number of nitrogens with zero attached hydrogens (tertiary/aromatic N) is 3. The van der Waals surface area contributed by atoms with Crippen LogP contribution in [-0.2, 0) is 11.2 Å². The number of carbonyl (C=O) groups is 2. The molecule has 0 unspecified atom stereocenters. The minimum atomic E-state index is -0.175. The van der Waals surface area contributed by atoms with Crippen molar-refractivity contribution in [3.63, 3.8) is 0 Å². The van der Waals surface area contributed by atoms with E-state index in [0.29, 0.717) is 27.4 Å². The monoisotopic (exact) mass is 386 g/mol. The van der Waals surface area contributed by atoms with Gasteiger partial charge in [0.15, 0.2) is 5.78 Å². The number of thioether (sulfide) groups is 1. The second-order valence-electron chi connectivity index (χ2n) is 5.54. The molecule has 0 radical (unpaired) electrons. The minimum Gasteiger partial charge on any atom is -0.411 e. The highest BCUT2D eigenvalue weighted by Crippen LogP contribution is 2.31. The summed E-state index contributed by atoms with van der Waals surface area (Å²) in [6.07, 6.45) is 3.51. The van der Waals surface area contributed by atoms with Crippen LogP contribution >= 0.6 is 23.4 Å². The summed E-state index contributed by atoms with van der Waals surface area (Å²) in [6, 6.07) is 6.78. The topological polar surface area (TPSA) is 98.0 Å². The first-order valence-electron chi connectivity index (χ1n) is 7.62. The van der Waals surface area contributed by atoms with E-state index >= 15 is 0 Å². The van der Waals surface area contributed by atoms with Gasteiger partial charge in [-0.1, -0.05) is 23.4 Å². The molecule has 1 aliphatic rings. The summed E-state index contributed by atoms with van der Waals surface area (Å²) < 4.78 is 5.55. The Hall–Kier alpha value is -2.71. The number of halogens is 1. The van der Waals surface area contributed by atoms with Gasteiger partial charge >= 0.3 is 0 Å². The smallest absolute Gasteiger partial charge is 0.277 e. The molecule has 7 nitrogen and oxygen atoms in total. The fourth-order valence-electron chi connectivity index (χ4n) is 2.55. The van der Waals surface area contributed by atoms with E-state index in [1.165, 1.54) is 0 Å². The summed E-state index contributed by atoms with van der Waals surface area (Å²) in [7, 11) is 0. The molecule has 0 bridgehead atoms. The molecule has 26 heavy (non-hydrogen) atoms. The first-order chi connectivity index (χ1) is 12.6. The average molecular weight is 387 g/mol. The van der Waals surface area contributed by atoms with Gasteiger partial charge in [-0.25, -0.2) is 0 Å². The van der Waals surface area contributed by atoms with Gasteiger partial charge < -0.3 is 9.73 Å². The molecule has 0 atom stereocenters. The number of hydrogen-bond donors (Lipinski definition) is 1. The van der Waals surface area contributed by atoms with Crippen molar-refractivity contribution in [1.29, 1.82) is 0 Å². The Balaban J connectivity index is 1.46. The SMILES string of the molecule is O=C1Cc2cc(C(=O)CSc3nnc(-c4ccncc4)o3)c(Cl)cc2N1. The molecule has 1 aliphatic heterocycles. The first kappa shape index (κ1) is 16.7. The zero-order valence-electron chi connectivity index (χ0n) is 13.2. The first-order valence-corrected chi connectivity index (χ1v) is 8.98. The molecule has 1 N–H and O–H groups in total. The number of nitrogens with one attached hydrogen (secondary N) is 1. The van der Waals surface area contributed by atoms with Crippen molar-refractivity contribution in [1.82, 2.24) is 15.2 Å². The zero-order valence-corrected chi connectivity index (χ0v) is 14.8. The molecule has 0 saturated carbocycles. The third-order valence-corrected chi connectivity index (χ3v) is 4.91. The van der Waals surface area contributed by atoms with E-state index < -0.39 is 0 Å². The van der Waals surface area contributed by atoms with Crippen LogP contribution in [-0.4, -0.2) is 32.6 Å². The highest BCUT2D eigenvalue weighted by atomic mass is 35.5. The van der Waals surface area contributed by atoms with Crippen LogP contribution in [0.25, 0.3) is 11.5 Å². The molecule has 9 heteroatoms. The Morgan fingerprint density at radius 2 is 2.08 bits per heavy atom. The highest BCUT2D eigenvalue weighted by molar-refractivity contribution is 7.99. The minimum absolute atomic E-state index is 0.0951. The quantitative estimate of drug-likeness (QED) is 0.530. The van der Waals surface area contributed by atoms with Gasteiger partial charge in [-0.15, -0.1) is 10.2 Å². The van der Waals surface area contributed by atoms with E-state index in [-0.39, 0.29) is 23.9 Å². The lowest BCUT2D eigenvalue weighted by atomic mass is 10.1.